The van der Waals surface area contributed by atoms with Crippen LogP contribution in [-0.2, 0) is 0 Å². The van der Waals surface area contributed by atoms with Crippen molar-refractivity contribution in [1.29, 1.82) is 0 Å². The number of nitrogens with zero attached hydrogens (tertiary/aromatic N) is 3. The average molecular weight is 234 g/mol. The Morgan fingerprint density at radius 1 is 1.24 bits per heavy atom. The molecule has 2 N–H and O–H groups in total. The molecular formula is C13H22N4. The van der Waals surface area contributed by atoms with Gasteiger partial charge in [-0.3, -0.25) is 0 Å². The van der Waals surface area contributed by atoms with Gasteiger partial charge in [-0.1, -0.05) is 27.7 Å². The van der Waals surface area contributed by atoms with Gasteiger partial charge in [0.1, 0.15) is 12.1 Å². The zero-order chi connectivity index (χ0) is 12.6. The SMILES string of the molecule is CC(C)c1cc(N2CC(N)(C(C)C)C2)ncn1. The van der Waals surface area contributed by atoms with Crippen molar-refractivity contribution in [3.63, 3.8) is 0 Å². The van der Waals surface area contributed by atoms with Crippen LogP contribution in [0.15, 0.2) is 12.4 Å². The van der Waals surface area contributed by atoms with Crippen LogP contribution in [-0.4, -0.2) is 28.6 Å². The van der Waals surface area contributed by atoms with Crippen molar-refractivity contribution >= 4 is 5.82 Å². The quantitative estimate of drug-likeness (QED) is 0.866. The van der Waals surface area contributed by atoms with Crippen LogP contribution in [0.5, 0.6) is 0 Å². The van der Waals surface area contributed by atoms with Gasteiger partial charge in [-0.25, -0.2) is 9.97 Å². The van der Waals surface area contributed by atoms with Gasteiger partial charge in [0, 0.05) is 24.8 Å². The summed E-state index contributed by atoms with van der Waals surface area (Å²) < 4.78 is 0. The zero-order valence-corrected chi connectivity index (χ0v) is 11.1. The lowest BCUT2D eigenvalue weighted by Crippen LogP contribution is -2.70. The maximum Gasteiger partial charge on any atom is 0.132 e. The highest BCUT2D eigenvalue weighted by molar-refractivity contribution is 5.45. The van der Waals surface area contributed by atoms with Crippen LogP contribution in [0.1, 0.15) is 39.3 Å². The number of anilines is 1. The molecule has 0 amide bonds. The van der Waals surface area contributed by atoms with E-state index in [1.165, 1.54) is 0 Å². The molecule has 2 rings (SSSR count). The fourth-order valence-corrected chi connectivity index (χ4v) is 2.04. The van der Waals surface area contributed by atoms with E-state index in [-0.39, 0.29) is 5.54 Å². The lowest BCUT2D eigenvalue weighted by Gasteiger charge is -2.51. The van der Waals surface area contributed by atoms with Crippen molar-refractivity contribution in [3.8, 4) is 0 Å². The fraction of sp³-hybridized carbons (Fsp3) is 0.692. The van der Waals surface area contributed by atoms with Crippen molar-refractivity contribution in [1.82, 2.24) is 9.97 Å². The minimum Gasteiger partial charge on any atom is -0.353 e. The monoisotopic (exact) mass is 234 g/mol. The van der Waals surface area contributed by atoms with Gasteiger partial charge in [-0.15, -0.1) is 0 Å². The third kappa shape index (κ3) is 2.27. The van der Waals surface area contributed by atoms with E-state index in [4.69, 9.17) is 5.73 Å². The maximum absolute atomic E-state index is 6.29. The van der Waals surface area contributed by atoms with Gasteiger partial charge in [0.25, 0.3) is 0 Å². The Labute approximate surface area is 103 Å². The third-order valence-corrected chi connectivity index (χ3v) is 3.71. The summed E-state index contributed by atoms with van der Waals surface area (Å²) in [5.74, 6) is 1.95. The first-order chi connectivity index (χ1) is 7.92. The van der Waals surface area contributed by atoms with Crippen molar-refractivity contribution in [2.75, 3.05) is 18.0 Å². The lowest BCUT2D eigenvalue weighted by atomic mass is 9.80. The van der Waals surface area contributed by atoms with Crippen LogP contribution in [0.4, 0.5) is 5.82 Å². The van der Waals surface area contributed by atoms with Crippen LogP contribution in [0.25, 0.3) is 0 Å². The van der Waals surface area contributed by atoms with E-state index in [2.05, 4.69) is 48.6 Å². The Bertz CT molecular complexity index is 394. The lowest BCUT2D eigenvalue weighted by molar-refractivity contribution is 0.243. The van der Waals surface area contributed by atoms with E-state index < -0.39 is 0 Å². The van der Waals surface area contributed by atoms with Crippen molar-refractivity contribution < 1.29 is 0 Å². The van der Waals surface area contributed by atoms with Crippen molar-refractivity contribution in [3.05, 3.63) is 18.1 Å². The maximum atomic E-state index is 6.29. The van der Waals surface area contributed by atoms with Crippen LogP contribution < -0.4 is 10.6 Å². The van der Waals surface area contributed by atoms with E-state index in [1.807, 2.05) is 0 Å². The summed E-state index contributed by atoms with van der Waals surface area (Å²) in [5, 5.41) is 0. The van der Waals surface area contributed by atoms with Gasteiger partial charge in [0.15, 0.2) is 0 Å². The molecule has 1 fully saturated rings. The summed E-state index contributed by atoms with van der Waals surface area (Å²) >= 11 is 0. The molecule has 0 atom stereocenters. The molecule has 0 aliphatic carbocycles. The number of hydrogen-bond acceptors (Lipinski definition) is 4. The Morgan fingerprint density at radius 3 is 2.41 bits per heavy atom. The molecular weight excluding hydrogens is 212 g/mol. The summed E-state index contributed by atoms with van der Waals surface area (Å²) in [6, 6.07) is 2.07. The highest BCUT2D eigenvalue weighted by Gasteiger charge is 2.42. The first-order valence-corrected chi connectivity index (χ1v) is 6.28. The normalized spacial score (nSPS) is 18.6. The minimum atomic E-state index is -0.0526. The van der Waals surface area contributed by atoms with Crippen LogP contribution in [0.2, 0.25) is 0 Å². The molecule has 0 bridgehead atoms. The molecule has 1 aromatic heterocycles. The number of rotatable bonds is 3. The molecule has 1 aliphatic heterocycles. The molecule has 2 heterocycles. The molecule has 4 heteroatoms. The number of aromatic nitrogens is 2. The van der Waals surface area contributed by atoms with E-state index in [1.54, 1.807) is 6.33 Å². The molecule has 0 saturated carbocycles. The molecule has 0 radical (unpaired) electrons. The fourth-order valence-electron chi connectivity index (χ4n) is 2.04. The summed E-state index contributed by atoms with van der Waals surface area (Å²) in [6.07, 6.45) is 1.65. The van der Waals surface area contributed by atoms with E-state index in [9.17, 15) is 0 Å². The van der Waals surface area contributed by atoms with Gasteiger partial charge in [0.2, 0.25) is 0 Å². The van der Waals surface area contributed by atoms with Gasteiger partial charge in [-0.2, -0.15) is 0 Å². The van der Waals surface area contributed by atoms with Crippen molar-refractivity contribution in [2.45, 2.75) is 39.2 Å². The first-order valence-electron chi connectivity index (χ1n) is 6.28. The smallest absolute Gasteiger partial charge is 0.132 e. The second kappa shape index (κ2) is 4.26. The summed E-state index contributed by atoms with van der Waals surface area (Å²) in [5.41, 5.74) is 7.33. The van der Waals surface area contributed by atoms with Crippen LogP contribution >= 0.6 is 0 Å². The van der Waals surface area contributed by atoms with Gasteiger partial charge in [0.05, 0.1) is 5.54 Å². The Balaban J connectivity index is 2.09. The van der Waals surface area contributed by atoms with Gasteiger partial charge < -0.3 is 10.6 Å². The first kappa shape index (κ1) is 12.3. The Kier molecular flexibility index (Phi) is 3.08. The van der Waals surface area contributed by atoms with Crippen LogP contribution in [0.3, 0.4) is 0 Å². The van der Waals surface area contributed by atoms with E-state index >= 15 is 0 Å². The van der Waals surface area contributed by atoms with E-state index in [0.29, 0.717) is 11.8 Å². The average Bonchev–Trinajstić information content (AvgIpc) is 2.24. The second-order valence-corrected chi connectivity index (χ2v) is 5.70. The molecule has 17 heavy (non-hydrogen) atoms. The standard InChI is InChI=1S/C13H22N4/c1-9(2)11-5-12(16-8-15-11)17-6-13(14,7-17)10(3)4/h5,8-10H,6-7,14H2,1-4H3. The predicted octanol–water partition coefficient (Wildman–Crippen LogP) is 1.77. The molecule has 1 aromatic rings. The molecule has 0 spiro atoms. The third-order valence-electron chi connectivity index (χ3n) is 3.71. The summed E-state index contributed by atoms with van der Waals surface area (Å²) in [4.78, 5) is 10.8. The molecule has 0 unspecified atom stereocenters. The predicted molar refractivity (Wildman–Crippen MR) is 70.1 cm³/mol. The largest absolute Gasteiger partial charge is 0.353 e. The zero-order valence-electron chi connectivity index (χ0n) is 11.1. The summed E-state index contributed by atoms with van der Waals surface area (Å²) in [6.45, 7) is 10.4. The molecule has 1 saturated heterocycles. The molecule has 4 nitrogen and oxygen atoms in total. The molecule has 0 aromatic carbocycles. The minimum absolute atomic E-state index is 0.0526. The highest BCUT2D eigenvalue weighted by atomic mass is 15.3. The number of hydrogen-bond donors (Lipinski definition) is 1. The summed E-state index contributed by atoms with van der Waals surface area (Å²) in [7, 11) is 0. The Hall–Kier alpha value is -1.16. The Morgan fingerprint density at radius 2 is 1.88 bits per heavy atom. The van der Waals surface area contributed by atoms with Gasteiger partial charge in [-0.05, 0) is 11.8 Å². The second-order valence-electron chi connectivity index (χ2n) is 5.70. The van der Waals surface area contributed by atoms with E-state index in [0.717, 1.165) is 24.6 Å². The highest BCUT2D eigenvalue weighted by Crippen LogP contribution is 2.30. The van der Waals surface area contributed by atoms with Crippen LogP contribution in [0, 0.1) is 5.92 Å². The molecule has 94 valence electrons. The van der Waals surface area contributed by atoms with Gasteiger partial charge >= 0.3 is 0 Å². The number of nitrogens with two attached hydrogens (primary N) is 1. The molecule has 1 aliphatic rings. The van der Waals surface area contributed by atoms with Crippen molar-refractivity contribution in [2.24, 2.45) is 11.7 Å². The topological polar surface area (TPSA) is 55.0 Å².